The molecule has 2 aromatic heterocycles. The lowest BCUT2D eigenvalue weighted by Gasteiger charge is -2.12. The standard InChI is InChI=1S/C13H15N3O5S/c1-20-7-8(13(18)19)14-10(17)4-5-11-15-12(16-21-11)9-3-2-6-22-9/h2-3,6,8H,4-5,7H2,1H3,(H,14,17)(H,18,19). The molecule has 2 aromatic rings. The van der Waals surface area contributed by atoms with Crippen LogP contribution in [0.4, 0.5) is 0 Å². The Morgan fingerprint density at radius 3 is 3.00 bits per heavy atom. The maximum absolute atomic E-state index is 11.7. The summed E-state index contributed by atoms with van der Waals surface area (Å²) in [6.45, 7) is -0.0931. The molecule has 1 atom stereocenters. The summed E-state index contributed by atoms with van der Waals surface area (Å²) in [5.41, 5.74) is 0. The predicted molar refractivity (Wildman–Crippen MR) is 77.4 cm³/mol. The van der Waals surface area contributed by atoms with Gasteiger partial charge >= 0.3 is 5.97 Å². The minimum atomic E-state index is -1.15. The van der Waals surface area contributed by atoms with E-state index in [1.165, 1.54) is 18.4 Å². The van der Waals surface area contributed by atoms with Crippen LogP contribution in [0.3, 0.4) is 0 Å². The number of carboxylic acids is 1. The number of thiophene rings is 1. The fourth-order valence-corrected chi connectivity index (χ4v) is 2.34. The molecule has 0 saturated heterocycles. The third-order valence-corrected chi connectivity index (χ3v) is 3.61. The Labute approximate surface area is 130 Å². The molecule has 0 radical (unpaired) electrons. The minimum Gasteiger partial charge on any atom is -0.480 e. The molecule has 1 unspecified atom stereocenters. The summed E-state index contributed by atoms with van der Waals surface area (Å²) in [6.07, 6.45) is 0.295. The molecular formula is C13H15N3O5S. The van der Waals surface area contributed by atoms with E-state index in [9.17, 15) is 9.59 Å². The normalized spacial score (nSPS) is 12.0. The lowest BCUT2D eigenvalue weighted by Crippen LogP contribution is -2.43. The van der Waals surface area contributed by atoms with Crippen molar-refractivity contribution in [3.63, 3.8) is 0 Å². The van der Waals surface area contributed by atoms with E-state index in [1.54, 1.807) is 0 Å². The van der Waals surface area contributed by atoms with Gasteiger partial charge in [0.15, 0.2) is 6.04 Å². The first-order chi connectivity index (χ1) is 10.6. The number of ether oxygens (including phenoxy) is 1. The Bertz CT molecular complexity index is 625. The van der Waals surface area contributed by atoms with Crippen molar-refractivity contribution in [3.05, 3.63) is 23.4 Å². The smallest absolute Gasteiger partial charge is 0.328 e. The second kappa shape index (κ2) is 7.66. The van der Waals surface area contributed by atoms with Crippen molar-refractivity contribution < 1.29 is 24.0 Å². The molecule has 0 bridgehead atoms. The molecule has 2 N–H and O–H groups in total. The highest BCUT2D eigenvalue weighted by atomic mass is 32.1. The lowest BCUT2D eigenvalue weighted by atomic mass is 10.2. The molecule has 0 saturated carbocycles. The van der Waals surface area contributed by atoms with Gasteiger partial charge in [-0.3, -0.25) is 4.79 Å². The number of rotatable bonds is 8. The molecule has 22 heavy (non-hydrogen) atoms. The molecule has 8 nitrogen and oxygen atoms in total. The van der Waals surface area contributed by atoms with Gasteiger partial charge in [0.2, 0.25) is 17.6 Å². The summed E-state index contributed by atoms with van der Waals surface area (Å²) in [6, 6.07) is 2.68. The Morgan fingerprint density at radius 1 is 1.55 bits per heavy atom. The van der Waals surface area contributed by atoms with Crippen LogP contribution in [0.1, 0.15) is 12.3 Å². The summed E-state index contributed by atoms with van der Waals surface area (Å²) in [7, 11) is 1.37. The first kappa shape index (κ1) is 16.1. The van der Waals surface area contributed by atoms with Gasteiger partial charge in [-0.25, -0.2) is 4.79 Å². The Balaban J connectivity index is 1.85. The van der Waals surface area contributed by atoms with Crippen LogP contribution < -0.4 is 5.32 Å². The average molecular weight is 325 g/mol. The maximum Gasteiger partial charge on any atom is 0.328 e. The van der Waals surface area contributed by atoms with Crippen molar-refractivity contribution in [2.45, 2.75) is 18.9 Å². The van der Waals surface area contributed by atoms with Crippen molar-refractivity contribution in [1.82, 2.24) is 15.5 Å². The molecule has 2 heterocycles. The van der Waals surface area contributed by atoms with Gasteiger partial charge in [-0.15, -0.1) is 11.3 Å². The quantitative estimate of drug-likeness (QED) is 0.742. The Hall–Kier alpha value is -2.26. The summed E-state index contributed by atoms with van der Waals surface area (Å²) in [5, 5.41) is 17.0. The maximum atomic E-state index is 11.7. The van der Waals surface area contributed by atoms with Gasteiger partial charge < -0.3 is 19.7 Å². The Kier molecular flexibility index (Phi) is 5.61. The highest BCUT2D eigenvalue weighted by molar-refractivity contribution is 7.13. The van der Waals surface area contributed by atoms with E-state index in [4.69, 9.17) is 14.4 Å². The fourth-order valence-electron chi connectivity index (χ4n) is 1.69. The average Bonchev–Trinajstić information content (AvgIpc) is 3.15. The van der Waals surface area contributed by atoms with Gasteiger partial charge in [0.25, 0.3) is 0 Å². The molecule has 0 aliphatic rings. The van der Waals surface area contributed by atoms with Crippen LogP contribution in [0, 0.1) is 0 Å². The number of aliphatic carboxylic acids is 1. The van der Waals surface area contributed by atoms with E-state index in [2.05, 4.69) is 15.5 Å². The van der Waals surface area contributed by atoms with Crippen molar-refractivity contribution in [3.8, 4) is 10.7 Å². The van der Waals surface area contributed by atoms with Crippen molar-refractivity contribution in [1.29, 1.82) is 0 Å². The van der Waals surface area contributed by atoms with Gasteiger partial charge in [-0.2, -0.15) is 4.98 Å². The monoisotopic (exact) mass is 325 g/mol. The number of methoxy groups -OCH3 is 1. The summed E-state index contributed by atoms with van der Waals surface area (Å²) < 4.78 is 9.80. The zero-order valence-corrected chi connectivity index (χ0v) is 12.6. The molecule has 9 heteroatoms. The number of aromatic nitrogens is 2. The SMILES string of the molecule is COCC(NC(=O)CCc1nc(-c2cccs2)no1)C(=O)O. The molecule has 118 valence electrons. The second-order valence-electron chi connectivity index (χ2n) is 4.40. The minimum absolute atomic E-state index is 0.0551. The van der Waals surface area contributed by atoms with Crippen LogP contribution in [0.5, 0.6) is 0 Å². The highest BCUT2D eigenvalue weighted by Crippen LogP contribution is 2.21. The van der Waals surface area contributed by atoms with Gasteiger partial charge in [0.05, 0.1) is 11.5 Å². The van der Waals surface area contributed by atoms with E-state index in [0.29, 0.717) is 11.7 Å². The molecule has 0 aliphatic carbocycles. The highest BCUT2D eigenvalue weighted by Gasteiger charge is 2.20. The third-order valence-electron chi connectivity index (χ3n) is 2.74. The fraction of sp³-hybridized carbons (Fsp3) is 0.385. The van der Waals surface area contributed by atoms with E-state index in [-0.39, 0.29) is 19.4 Å². The summed E-state index contributed by atoms with van der Waals surface area (Å²) >= 11 is 1.49. The largest absolute Gasteiger partial charge is 0.480 e. The van der Waals surface area contributed by atoms with Crippen LogP contribution in [-0.4, -0.2) is 46.9 Å². The zero-order valence-electron chi connectivity index (χ0n) is 11.8. The first-order valence-corrected chi connectivity index (χ1v) is 7.35. The van der Waals surface area contributed by atoms with Crippen LogP contribution in [-0.2, 0) is 20.7 Å². The van der Waals surface area contributed by atoms with E-state index in [1.807, 2.05) is 17.5 Å². The third kappa shape index (κ3) is 4.37. The second-order valence-corrected chi connectivity index (χ2v) is 5.35. The number of carboxylic acid groups (broad SMARTS) is 1. The van der Waals surface area contributed by atoms with Crippen molar-refractivity contribution in [2.24, 2.45) is 0 Å². The number of hydrogen-bond donors (Lipinski definition) is 2. The molecule has 1 amide bonds. The Morgan fingerprint density at radius 2 is 2.36 bits per heavy atom. The molecule has 0 aliphatic heterocycles. The molecule has 0 aromatic carbocycles. The van der Waals surface area contributed by atoms with E-state index in [0.717, 1.165) is 4.88 Å². The zero-order chi connectivity index (χ0) is 15.9. The van der Waals surface area contributed by atoms with Crippen LogP contribution in [0.15, 0.2) is 22.0 Å². The number of carbonyl (C=O) groups is 2. The number of nitrogens with one attached hydrogen (secondary N) is 1. The summed E-state index contributed by atoms with van der Waals surface area (Å²) in [5.74, 6) is -0.751. The molecule has 0 fully saturated rings. The van der Waals surface area contributed by atoms with E-state index < -0.39 is 17.9 Å². The molecule has 2 rings (SSSR count). The number of amides is 1. The van der Waals surface area contributed by atoms with Gasteiger partial charge in [0.1, 0.15) is 0 Å². The van der Waals surface area contributed by atoms with E-state index >= 15 is 0 Å². The predicted octanol–water partition coefficient (Wildman–Crippen LogP) is 0.947. The van der Waals surface area contributed by atoms with Gasteiger partial charge in [-0.05, 0) is 11.4 Å². The number of carbonyl (C=O) groups excluding carboxylic acids is 1. The molecule has 0 spiro atoms. The van der Waals surface area contributed by atoms with Crippen LogP contribution in [0.2, 0.25) is 0 Å². The van der Waals surface area contributed by atoms with Crippen LogP contribution in [0.25, 0.3) is 10.7 Å². The topological polar surface area (TPSA) is 115 Å². The molecular weight excluding hydrogens is 310 g/mol. The van der Waals surface area contributed by atoms with Crippen molar-refractivity contribution in [2.75, 3.05) is 13.7 Å². The number of hydrogen-bond acceptors (Lipinski definition) is 7. The number of nitrogens with zero attached hydrogens (tertiary/aromatic N) is 2. The first-order valence-electron chi connectivity index (χ1n) is 6.47. The van der Waals surface area contributed by atoms with Gasteiger partial charge in [0, 0.05) is 20.0 Å². The van der Waals surface area contributed by atoms with Crippen molar-refractivity contribution >= 4 is 23.2 Å². The lowest BCUT2D eigenvalue weighted by molar-refractivity contribution is -0.143. The van der Waals surface area contributed by atoms with Crippen LogP contribution >= 0.6 is 11.3 Å². The number of aryl methyl sites for hydroxylation is 1. The summed E-state index contributed by atoms with van der Waals surface area (Å²) in [4.78, 5) is 27.7. The van der Waals surface area contributed by atoms with Gasteiger partial charge in [-0.1, -0.05) is 11.2 Å².